The zero-order chi connectivity index (χ0) is 27.4. The molecule has 0 saturated carbocycles. The third kappa shape index (κ3) is 2.69. The van der Waals surface area contributed by atoms with Crippen LogP contribution in [0.1, 0.15) is 49.8 Å². The minimum absolute atomic E-state index is 0.0799. The molecule has 1 unspecified atom stereocenters. The number of aliphatic hydroxyl groups excluding tert-OH is 3. The van der Waals surface area contributed by atoms with E-state index >= 15 is 0 Å². The molecule has 0 fully saturated rings. The first-order valence-corrected chi connectivity index (χ1v) is 11.0. The van der Waals surface area contributed by atoms with E-state index in [0.29, 0.717) is 6.08 Å². The van der Waals surface area contributed by atoms with Gasteiger partial charge in [0, 0.05) is 11.6 Å². The smallest absolute Gasteiger partial charge is 0.347 e. The fourth-order valence-corrected chi connectivity index (χ4v) is 5.17. The molecule has 13 heteroatoms. The molecule has 0 amide bonds. The minimum atomic E-state index is -2.75. The molecule has 1 aromatic heterocycles. The second kappa shape index (κ2) is 7.41. The molecule has 3 aromatic rings. The third-order valence-corrected chi connectivity index (χ3v) is 6.93. The first-order chi connectivity index (χ1) is 17.9. The number of rotatable bonds is 1. The van der Waals surface area contributed by atoms with Gasteiger partial charge in [0.05, 0.1) is 22.3 Å². The van der Waals surface area contributed by atoms with E-state index in [4.69, 9.17) is 13.9 Å². The summed E-state index contributed by atoms with van der Waals surface area (Å²) in [6.45, 7) is 1.48. The van der Waals surface area contributed by atoms with Crippen LogP contribution in [0.4, 0.5) is 0 Å². The van der Waals surface area contributed by atoms with Crippen LogP contribution < -0.4 is 15.1 Å². The largest absolute Gasteiger partial charge is 0.507 e. The number of phenols is 3. The average molecular weight is 524 g/mol. The molecule has 2 aromatic carbocycles. The van der Waals surface area contributed by atoms with E-state index in [1.54, 1.807) is 0 Å². The highest BCUT2D eigenvalue weighted by molar-refractivity contribution is 6.33. The number of aliphatic hydroxyl groups is 3. The number of Topliss-reactive ketones (excluding diaryl/α,β-unsaturated/α-hetero) is 1. The molecule has 1 aliphatic carbocycles. The highest BCUT2D eigenvalue weighted by Crippen LogP contribution is 2.60. The Bertz CT molecular complexity index is 1750. The molecule has 2 aliphatic heterocycles. The van der Waals surface area contributed by atoms with Gasteiger partial charge in [0.25, 0.3) is 0 Å². The number of benzene rings is 2. The maximum Gasteiger partial charge on any atom is 0.347 e. The predicted octanol–water partition coefficient (Wildman–Crippen LogP) is 0.332. The Morgan fingerprint density at radius 3 is 2.29 bits per heavy atom. The number of carbonyl (C=O) groups is 3. The first kappa shape index (κ1) is 23.7. The summed E-state index contributed by atoms with van der Waals surface area (Å²) in [5.74, 6) is -8.96. The van der Waals surface area contributed by atoms with Crippen LogP contribution in [-0.4, -0.2) is 60.4 Å². The number of hydrogen-bond acceptors (Lipinski definition) is 13. The van der Waals surface area contributed by atoms with Crippen molar-refractivity contribution in [2.24, 2.45) is 0 Å². The van der Waals surface area contributed by atoms with Gasteiger partial charge in [-0.3, -0.25) is 14.4 Å². The number of aldehydes is 1. The van der Waals surface area contributed by atoms with Gasteiger partial charge in [0.2, 0.25) is 5.78 Å². The summed E-state index contributed by atoms with van der Waals surface area (Å²) >= 11 is 0. The lowest BCUT2D eigenvalue weighted by Gasteiger charge is -2.42. The van der Waals surface area contributed by atoms with E-state index in [0.717, 1.165) is 0 Å². The lowest BCUT2D eigenvalue weighted by atomic mass is 9.84. The Morgan fingerprint density at radius 1 is 0.921 bits per heavy atom. The molecule has 6 N–H and O–H groups in total. The molecule has 1 spiro atoms. The molecule has 0 radical (unpaired) electrons. The van der Waals surface area contributed by atoms with E-state index in [1.807, 2.05) is 0 Å². The van der Waals surface area contributed by atoms with Gasteiger partial charge < -0.3 is 44.5 Å². The molecule has 3 aliphatic rings. The molecule has 0 saturated heterocycles. The zero-order valence-corrected chi connectivity index (χ0v) is 19.1. The summed E-state index contributed by atoms with van der Waals surface area (Å²) in [6.07, 6.45) is -5.58. The fourth-order valence-electron chi connectivity index (χ4n) is 5.17. The summed E-state index contributed by atoms with van der Waals surface area (Å²) in [6, 6.07) is 2.65. The number of ketones is 2. The van der Waals surface area contributed by atoms with Crippen molar-refractivity contribution in [3.8, 4) is 28.7 Å². The van der Waals surface area contributed by atoms with Crippen molar-refractivity contribution in [2.75, 3.05) is 0 Å². The lowest BCUT2D eigenvalue weighted by Crippen LogP contribution is -2.58. The Labute approximate surface area is 210 Å². The van der Waals surface area contributed by atoms with Crippen molar-refractivity contribution in [1.29, 1.82) is 0 Å². The summed E-state index contributed by atoms with van der Waals surface area (Å²) in [4.78, 5) is 48.9. The Kier molecular flexibility index (Phi) is 4.62. The van der Waals surface area contributed by atoms with E-state index in [9.17, 15) is 49.8 Å². The average Bonchev–Trinajstić information content (AvgIpc) is 3.16. The van der Waals surface area contributed by atoms with E-state index in [2.05, 4.69) is 0 Å². The first-order valence-electron chi connectivity index (χ1n) is 11.0. The molecular weight excluding hydrogens is 508 g/mol. The van der Waals surface area contributed by atoms with Crippen LogP contribution in [0.15, 0.2) is 33.0 Å². The zero-order valence-electron chi connectivity index (χ0n) is 19.1. The number of allylic oxidation sites excluding steroid dienone is 2. The standard InChI is InChI=1S/C25H16O13/c1-6-2-7-3-9-16(29)23(34)25(37-20(9)18(31)11(7)24(35)36-6)22(33)14-17(30)12-10(27)4-8(5-26)15(28)13(12)19(32)21(14)38-25/h2-5,16,22-23,29-34H,1H3/t16-,22?,23+,25+/m1/s1. The van der Waals surface area contributed by atoms with Gasteiger partial charge in [-0.25, -0.2) is 4.79 Å². The molecule has 0 bridgehead atoms. The number of aryl methyl sites for hydroxylation is 1. The van der Waals surface area contributed by atoms with Gasteiger partial charge in [-0.2, -0.15) is 0 Å². The molecule has 194 valence electrons. The van der Waals surface area contributed by atoms with Crippen molar-refractivity contribution < 1.29 is 58.9 Å². The number of hydrogen-bond donors (Lipinski definition) is 6. The van der Waals surface area contributed by atoms with Crippen molar-refractivity contribution >= 4 is 28.6 Å². The van der Waals surface area contributed by atoms with Crippen LogP contribution in [0.3, 0.4) is 0 Å². The van der Waals surface area contributed by atoms with Gasteiger partial charge >= 0.3 is 11.4 Å². The summed E-state index contributed by atoms with van der Waals surface area (Å²) in [5, 5.41) is 65.6. The van der Waals surface area contributed by atoms with Crippen molar-refractivity contribution in [2.45, 2.75) is 31.0 Å². The van der Waals surface area contributed by atoms with Crippen LogP contribution >= 0.6 is 0 Å². The van der Waals surface area contributed by atoms with E-state index in [1.165, 1.54) is 19.1 Å². The second-order valence-electron chi connectivity index (χ2n) is 9.07. The Hall–Kier alpha value is -4.72. The molecule has 4 atom stereocenters. The van der Waals surface area contributed by atoms with Crippen molar-refractivity contribution in [3.63, 3.8) is 0 Å². The minimum Gasteiger partial charge on any atom is -0.507 e. The predicted molar refractivity (Wildman–Crippen MR) is 121 cm³/mol. The van der Waals surface area contributed by atoms with Gasteiger partial charge in [-0.15, -0.1) is 0 Å². The molecule has 13 nitrogen and oxygen atoms in total. The Balaban J connectivity index is 1.57. The maximum absolute atomic E-state index is 12.7. The number of aromatic hydroxyl groups is 3. The van der Waals surface area contributed by atoms with Crippen LogP contribution in [0.25, 0.3) is 10.8 Å². The van der Waals surface area contributed by atoms with Crippen LogP contribution in [0.5, 0.6) is 28.7 Å². The van der Waals surface area contributed by atoms with Gasteiger partial charge in [0.1, 0.15) is 23.0 Å². The molecule has 3 heterocycles. The van der Waals surface area contributed by atoms with E-state index in [-0.39, 0.29) is 28.4 Å². The highest BCUT2D eigenvalue weighted by Gasteiger charge is 2.64. The van der Waals surface area contributed by atoms with Gasteiger partial charge in [-0.1, -0.05) is 0 Å². The normalized spacial score (nSPS) is 25.4. The topological polar surface area (TPSA) is 221 Å². The molecule has 38 heavy (non-hydrogen) atoms. The monoisotopic (exact) mass is 524 g/mol. The summed E-state index contributed by atoms with van der Waals surface area (Å²) in [7, 11) is 0. The quantitative estimate of drug-likeness (QED) is 0.144. The third-order valence-electron chi connectivity index (χ3n) is 6.93. The lowest BCUT2D eigenvalue weighted by molar-refractivity contribution is -0.260. The SMILES string of the molecule is Cc1cc2cc3c(c(O)c2c(=O)o1)O[C@@]1(Oc2c(O)c4c(c(O)c2C1O)C(=O)C=C(C=O)C4=O)[C@@H](O)[C@@H]3O. The number of ether oxygens (including phenoxy) is 2. The van der Waals surface area contributed by atoms with Crippen molar-refractivity contribution in [1.82, 2.24) is 0 Å². The fraction of sp³-hybridized carbons (Fsp3) is 0.200. The number of carbonyl (C=O) groups excluding carboxylic acids is 3. The van der Waals surface area contributed by atoms with Gasteiger partial charge in [0.15, 0.2) is 47.3 Å². The molecule has 6 rings (SSSR count). The maximum atomic E-state index is 12.7. The Morgan fingerprint density at radius 2 is 1.61 bits per heavy atom. The van der Waals surface area contributed by atoms with Crippen LogP contribution in [0.2, 0.25) is 0 Å². The number of fused-ring (bicyclic) bond motifs is 4. The van der Waals surface area contributed by atoms with Crippen LogP contribution in [-0.2, 0) is 4.79 Å². The van der Waals surface area contributed by atoms with E-state index < -0.39 is 92.3 Å². The highest BCUT2D eigenvalue weighted by atomic mass is 16.7. The van der Waals surface area contributed by atoms with Crippen LogP contribution in [0, 0.1) is 6.92 Å². The summed E-state index contributed by atoms with van der Waals surface area (Å²) < 4.78 is 16.2. The summed E-state index contributed by atoms with van der Waals surface area (Å²) in [5.41, 5.74) is -3.95. The second-order valence-corrected chi connectivity index (χ2v) is 9.07. The van der Waals surface area contributed by atoms with Crippen molar-refractivity contribution in [3.05, 3.63) is 62.2 Å². The number of phenolic OH excluding ortho intramolecular Hbond substituents is 3. The van der Waals surface area contributed by atoms with Gasteiger partial charge in [-0.05, 0) is 24.4 Å². The molecular formula is C25H16O13.